The van der Waals surface area contributed by atoms with Crippen molar-refractivity contribution in [2.75, 3.05) is 27.3 Å². The molecule has 5 rings (SSSR count). The maximum atomic E-state index is 11.4. The van der Waals surface area contributed by atoms with E-state index in [-0.39, 0.29) is 11.6 Å². The molecule has 1 unspecified atom stereocenters. The van der Waals surface area contributed by atoms with Gasteiger partial charge in [-0.15, -0.1) is 0 Å². The summed E-state index contributed by atoms with van der Waals surface area (Å²) in [5, 5.41) is 14.4. The average molecular weight is 614 g/mol. The highest BCUT2D eigenvalue weighted by molar-refractivity contribution is 6.99. The summed E-state index contributed by atoms with van der Waals surface area (Å²) in [4.78, 5) is 15.5. The highest BCUT2D eigenvalue weighted by Crippen LogP contribution is 2.39. The van der Waals surface area contributed by atoms with Crippen LogP contribution in [0.1, 0.15) is 39.1 Å². The zero-order chi connectivity index (χ0) is 31.3. The summed E-state index contributed by atoms with van der Waals surface area (Å²) in [6.45, 7) is 11.1. The number of ether oxygens (including phenoxy) is 2. The molecular formula is C34H43N5O4Si. The van der Waals surface area contributed by atoms with E-state index >= 15 is 0 Å². The molecule has 3 atom stereocenters. The van der Waals surface area contributed by atoms with Gasteiger partial charge in [-0.25, -0.2) is 15.0 Å². The predicted octanol–water partition coefficient (Wildman–Crippen LogP) is 4.58. The number of fused-ring (bicyclic) bond motifs is 1. The van der Waals surface area contributed by atoms with Gasteiger partial charge in [0.2, 0.25) is 0 Å². The van der Waals surface area contributed by atoms with Crippen molar-refractivity contribution in [1.82, 2.24) is 19.4 Å². The lowest BCUT2D eigenvalue weighted by atomic mass is 10.2. The largest absolute Gasteiger partial charge is 0.501 e. The Morgan fingerprint density at radius 2 is 1.75 bits per heavy atom. The molecule has 0 bridgehead atoms. The number of hydrogen-bond acceptors (Lipinski definition) is 7. The van der Waals surface area contributed by atoms with E-state index in [2.05, 4.69) is 90.8 Å². The number of aliphatic hydroxyl groups is 1. The molecule has 1 saturated heterocycles. The first-order chi connectivity index (χ1) is 21.2. The van der Waals surface area contributed by atoms with Crippen LogP contribution in [0.3, 0.4) is 0 Å². The number of aliphatic hydroxyl groups excluding tert-OH is 1. The first kappa shape index (κ1) is 31.6. The molecule has 2 aromatic heterocycles. The highest BCUT2D eigenvalue weighted by atomic mass is 28.4. The molecule has 9 nitrogen and oxygen atoms in total. The molecule has 4 aromatic rings. The summed E-state index contributed by atoms with van der Waals surface area (Å²) in [6, 6.07) is 23.0. The van der Waals surface area contributed by atoms with Gasteiger partial charge < -0.3 is 28.5 Å². The van der Waals surface area contributed by atoms with Crippen molar-refractivity contribution in [2.24, 2.45) is 4.99 Å². The van der Waals surface area contributed by atoms with Gasteiger partial charge in [0.1, 0.15) is 24.3 Å². The number of aromatic nitrogens is 3. The Morgan fingerprint density at radius 3 is 2.34 bits per heavy atom. The van der Waals surface area contributed by atoms with Gasteiger partial charge in [-0.05, 0) is 21.5 Å². The Balaban J connectivity index is 1.48. The van der Waals surface area contributed by atoms with Gasteiger partial charge in [-0.1, -0.05) is 88.0 Å². The minimum Gasteiger partial charge on any atom is -0.501 e. The van der Waals surface area contributed by atoms with E-state index in [4.69, 9.17) is 13.9 Å². The van der Waals surface area contributed by atoms with Crippen molar-refractivity contribution in [1.29, 1.82) is 0 Å². The number of benzene rings is 2. The molecule has 0 aliphatic carbocycles. The van der Waals surface area contributed by atoms with Crippen LogP contribution in [0.15, 0.2) is 90.9 Å². The third-order valence-electron chi connectivity index (χ3n) is 8.07. The van der Waals surface area contributed by atoms with E-state index in [1.807, 2.05) is 41.8 Å². The van der Waals surface area contributed by atoms with E-state index < -0.39 is 26.8 Å². The Morgan fingerprint density at radius 1 is 1.09 bits per heavy atom. The Hall–Kier alpha value is -3.83. The fraction of sp³-hybridized carbons (Fsp3) is 0.382. The quantitative estimate of drug-likeness (QED) is 0.0822. The zero-order valence-corrected chi connectivity index (χ0v) is 27.3. The van der Waals surface area contributed by atoms with Gasteiger partial charge in [0.25, 0.3) is 8.32 Å². The van der Waals surface area contributed by atoms with E-state index in [1.165, 1.54) is 23.0 Å². The molecule has 10 heteroatoms. The fourth-order valence-corrected chi connectivity index (χ4v) is 10.7. The van der Waals surface area contributed by atoms with Crippen molar-refractivity contribution in [3.63, 3.8) is 0 Å². The lowest BCUT2D eigenvalue weighted by Crippen LogP contribution is -2.67. The van der Waals surface area contributed by atoms with Crippen LogP contribution >= 0.6 is 0 Å². The maximum Gasteiger partial charge on any atom is 0.261 e. The van der Waals surface area contributed by atoms with Gasteiger partial charge in [0.15, 0.2) is 5.82 Å². The second kappa shape index (κ2) is 13.4. The lowest BCUT2D eigenvalue weighted by molar-refractivity contribution is -0.0405. The third-order valence-corrected chi connectivity index (χ3v) is 13.1. The van der Waals surface area contributed by atoms with Crippen molar-refractivity contribution in [3.8, 4) is 0 Å². The number of aliphatic imine (C=N–C) groups is 1. The molecule has 44 heavy (non-hydrogen) atoms. The molecule has 1 fully saturated rings. The molecule has 0 saturated carbocycles. The first-order valence-electron chi connectivity index (χ1n) is 15.0. The highest BCUT2D eigenvalue weighted by Gasteiger charge is 2.51. The van der Waals surface area contributed by atoms with Crippen molar-refractivity contribution in [2.45, 2.75) is 57.1 Å². The monoisotopic (exact) mass is 613 g/mol. The third kappa shape index (κ3) is 6.34. The standard InChI is InChI=1S/C34H43N5O4Si/c1-7-41-19-18-25-20-28-32(37-24-38(5)6)35-23-36-33(28)39(25)31-21-29(40)30(43-31)22-42-44(34(2,3)4,26-14-10-8-11-15-26)27-16-12-9-13-17-27/h7-17,20,23-24,29-31,40H,1,18-19,21-22H2,2-6H3/b37-24+/t29?,30-,31-/m1/s1. The van der Waals surface area contributed by atoms with Crippen molar-refractivity contribution < 1.29 is 19.0 Å². The van der Waals surface area contributed by atoms with Crippen molar-refractivity contribution >= 4 is 41.9 Å². The summed E-state index contributed by atoms with van der Waals surface area (Å²) in [5.74, 6) is 0.568. The molecule has 0 amide bonds. The molecule has 232 valence electrons. The zero-order valence-electron chi connectivity index (χ0n) is 26.3. The Labute approximate surface area is 261 Å². The second-order valence-corrected chi connectivity index (χ2v) is 16.6. The number of rotatable bonds is 12. The molecule has 3 heterocycles. The first-order valence-corrected chi connectivity index (χ1v) is 16.9. The summed E-state index contributed by atoms with van der Waals surface area (Å²) >= 11 is 0. The molecule has 1 N–H and O–H groups in total. The van der Waals surface area contributed by atoms with E-state index in [1.54, 1.807) is 6.34 Å². The normalized spacial score (nSPS) is 19.1. The van der Waals surface area contributed by atoms with Crippen LogP contribution < -0.4 is 10.4 Å². The van der Waals surface area contributed by atoms with Crippen LogP contribution in [0.2, 0.25) is 5.04 Å². The molecule has 2 aromatic carbocycles. The maximum absolute atomic E-state index is 11.4. The molecule has 0 spiro atoms. The Kier molecular flexibility index (Phi) is 9.64. The Bertz CT molecular complexity index is 1530. The molecular weight excluding hydrogens is 570 g/mol. The molecule has 1 aliphatic rings. The van der Waals surface area contributed by atoms with E-state index in [0.717, 1.165) is 11.1 Å². The molecule has 1 aliphatic heterocycles. The van der Waals surface area contributed by atoms with Gasteiger partial charge in [0.05, 0.1) is 37.3 Å². The van der Waals surface area contributed by atoms with E-state index in [9.17, 15) is 5.11 Å². The summed E-state index contributed by atoms with van der Waals surface area (Å²) in [5.41, 5.74) is 1.65. The SMILES string of the molecule is C=COCCc1cc2c(/N=C/N(C)C)ncnc2n1[C@H]1CC(O)[C@@H](CO[Si](c2ccccc2)(c2ccccc2)C(C)(C)C)O1. The fourth-order valence-electron chi connectivity index (χ4n) is 6.10. The smallest absolute Gasteiger partial charge is 0.261 e. The summed E-state index contributed by atoms with van der Waals surface area (Å²) in [6.07, 6.45) is 3.97. The van der Waals surface area contributed by atoms with Gasteiger partial charge in [-0.2, -0.15) is 0 Å². The second-order valence-electron chi connectivity index (χ2n) is 12.3. The van der Waals surface area contributed by atoms with Crippen molar-refractivity contribution in [3.05, 3.63) is 91.6 Å². The lowest BCUT2D eigenvalue weighted by Gasteiger charge is -2.43. The topological polar surface area (TPSA) is 94.2 Å². The van der Waals surface area contributed by atoms with Crippen LogP contribution in [0, 0.1) is 0 Å². The van der Waals surface area contributed by atoms with Gasteiger partial charge >= 0.3 is 0 Å². The van der Waals surface area contributed by atoms with Gasteiger partial charge in [0, 0.05) is 32.6 Å². The molecule has 0 radical (unpaired) electrons. The average Bonchev–Trinajstić information content (AvgIpc) is 3.56. The van der Waals surface area contributed by atoms with Crippen LogP contribution in [0.5, 0.6) is 0 Å². The minimum atomic E-state index is -2.80. The number of nitrogens with zero attached hydrogens (tertiary/aromatic N) is 5. The van der Waals surface area contributed by atoms with Gasteiger partial charge in [-0.3, -0.25) is 0 Å². The summed E-state index contributed by atoms with van der Waals surface area (Å²) in [7, 11) is 1.02. The summed E-state index contributed by atoms with van der Waals surface area (Å²) < 4.78 is 21.3. The van der Waals surface area contributed by atoms with E-state index in [0.29, 0.717) is 30.9 Å². The van der Waals surface area contributed by atoms with Crippen LogP contribution in [-0.2, 0) is 20.3 Å². The van der Waals surface area contributed by atoms with Crippen LogP contribution in [0.4, 0.5) is 5.82 Å². The van der Waals surface area contributed by atoms with Crippen LogP contribution in [-0.4, -0.2) is 78.7 Å². The predicted molar refractivity (Wildman–Crippen MR) is 177 cm³/mol. The van der Waals surface area contributed by atoms with Crippen LogP contribution in [0.25, 0.3) is 11.0 Å². The minimum absolute atomic E-state index is 0.186. The number of hydrogen-bond donors (Lipinski definition) is 1.